The largest absolute Gasteiger partial charge is 0.480 e. The van der Waals surface area contributed by atoms with Gasteiger partial charge in [0.25, 0.3) is 0 Å². The van der Waals surface area contributed by atoms with Crippen molar-refractivity contribution < 1.29 is 23.1 Å². The van der Waals surface area contributed by atoms with Crippen molar-refractivity contribution in [3.63, 3.8) is 0 Å². The average Bonchev–Trinajstić information content (AvgIpc) is 2.65. The van der Waals surface area contributed by atoms with Crippen LogP contribution < -0.4 is 0 Å². The molecule has 1 fully saturated rings. The Bertz CT molecular complexity index is 460. The van der Waals surface area contributed by atoms with Crippen LogP contribution in [0.5, 0.6) is 0 Å². The summed E-state index contributed by atoms with van der Waals surface area (Å²) in [4.78, 5) is 23.6. The smallest absolute Gasteiger partial charge is 0.323 e. The van der Waals surface area contributed by atoms with Crippen LogP contribution in [0.25, 0.3) is 0 Å². The number of carbonyl (C=O) groups excluding carboxylic acids is 1. The first-order valence-corrected chi connectivity index (χ1v) is 8.63. The number of aliphatic carboxylic acids is 1. The summed E-state index contributed by atoms with van der Waals surface area (Å²) in [6.07, 6.45) is 2.02. The molecule has 19 heavy (non-hydrogen) atoms. The highest BCUT2D eigenvalue weighted by Crippen LogP contribution is 2.24. The van der Waals surface area contributed by atoms with Gasteiger partial charge in [0.15, 0.2) is 9.84 Å². The van der Waals surface area contributed by atoms with Crippen LogP contribution in [0.3, 0.4) is 0 Å². The van der Waals surface area contributed by atoms with Crippen LogP contribution in [-0.4, -0.2) is 65.9 Å². The summed E-state index contributed by atoms with van der Waals surface area (Å²) < 4.78 is 22.5. The summed E-state index contributed by atoms with van der Waals surface area (Å²) in [6, 6.07) is 0. The number of rotatable bonds is 7. The van der Waals surface area contributed by atoms with Crippen LogP contribution in [0.15, 0.2) is 12.7 Å². The fraction of sp³-hybridized carbons (Fsp3) is 0.636. The molecular formula is C11H17NO5S2. The molecule has 0 aromatic heterocycles. The lowest BCUT2D eigenvalue weighted by molar-refractivity contribution is -0.143. The van der Waals surface area contributed by atoms with Gasteiger partial charge in [-0.15, -0.1) is 18.3 Å². The third-order valence-corrected chi connectivity index (χ3v) is 5.93. The maximum atomic E-state index is 11.8. The van der Waals surface area contributed by atoms with Crippen molar-refractivity contribution in [2.75, 3.05) is 30.3 Å². The number of sulfone groups is 1. The minimum atomic E-state index is -2.95. The van der Waals surface area contributed by atoms with Crippen molar-refractivity contribution in [1.29, 1.82) is 0 Å². The SMILES string of the molecule is C=CCN(CC(=O)O)C(=O)CSC1CCS(=O)(=O)C1. The van der Waals surface area contributed by atoms with E-state index in [1.54, 1.807) is 0 Å². The van der Waals surface area contributed by atoms with Gasteiger partial charge >= 0.3 is 5.97 Å². The van der Waals surface area contributed by atoms with E-state index in [1.807, 2.05) is 0 Å². The van der Waals surface area contributed by atoms with Crippen molar-refractivity contribution >= 4 is 33.5 Å². The number of hydrogen-bond acceptors (Lipinski definition) is 5. The normalized spacial score (nSPS) is 20.9. The molecule has 1 aliphatic heterocycles. The van der Waals surface area contributed by atoms with E-state index in [4.69, 9.17) is 5.11 Å². The fourth-order valence-electron chi connectivity index (χ4n) is 1.75. The van der Waals surface area contributed by atoms with Gasteiger partial charge in [-0.1, -0.05) is 6.08 Å². The summed E-state index contributed by atoms with van der Waals surface area (Å²) in [5.74, 6) is -1.02. The van der Waals surface area contributed by atoms with Crippen molar-refractivity contribution in [2.45, 2.75) is 11.7 Å². The maximum Gasteiger partial charge on any atom is 0.323 e. The molecule has 1 aliphatic rings. The van der Waals surface area contributed by atoms with Gasteiger partial charge in [-0.25, -0.2) is 8.42 Å². The van der Waals surface area contributed by atoms with Gasteiger partial charge in [0, 0.05) is 11.8 Å². The highest BCUT2D eigenvalue weighted by molar-refractivity contribution is 8.02. The van der Waals surface area contributed by atoms with Crippen molar-refractivity contribution in [1.82, 2.24) is 4.90 Å². The second-order valence-corrected chi connectivity index (χ2v) is 7.81. The molecule has 1 unspecified atom stereocenters. The van der Waals surface area contributed by atoms with Crippen LogP contribution in [0.2, 0.25) is 0 Å². The molecule has 1 N–H and O–H groups in total. The van der Waals surface area contributed by atoms with Crippen LogP contribution >= 0.6 is 11.8 Å². The van der Waals surface area contributed by atoms with E-state index in [1.165, 1.54) is 22.7 Å². The minimum Gasteiger partial charge on any atom is -0.480 e. The third kappa shape index (κ3) is 5.65. The Hall–Kier alpha value is -1.02. The molecule has 0 bridgehead atoms. The Morgan fingerprint density at radius 1 is 1.47 bits per heavy atom. The Kier molecular flexibility index (Phi) is 5.86. The van der Waals surface area contributed by atoms with Gasteiger partial charge in [-0.3, -0.25) is 9.59 Å². The molecule has 8 heteroatoms. The van der Waals surface area contributed by atoms with E-state index < -0.39 is 15.8 Å². The van der Waals surface area contributed by atoms with Crippen molar-refractivity contribution in [2.24, 2.45) is 0 Å². The third-order valence-electron chi connectivity index (χ3n) is 2.66. The number of thioether (sulfide) groups is 1. The summed E-state index contributed by atoms with van der Waals surface area (Å²) in [5, 5.41) is 8.63. The summed E-state index contributed by atoms with van der Waals surface area (Å²) >= 11 is 1.28. The average molecular weight is 307 g/mol. The molecule has 108 valence electrons. The topological polar surface area (TPSA) is 91.8 Å². The number of amides is 1. The van der Waals surface area contributed by atoms with E-state index in [9.17, 15) is 18.0 Å². The zero-order valence-electron chi connectivity index (χ0n) is 10.4. The maximum absolute atomic E-state index is 11.8. The number of carboxylic acid groups (broad SMARTS) is 1. The summed E-state index contributed by atoms with van der Waals surface area (Å²) in [6.45, 7) is 3.28. The number of carboxylic acids is 1. The Labute approximate surface area is 116 Å². The summed E-state index contributed by atoms with van der Waals surface area (Å²) in [5.41, 5.74) is 0. The predicted octanol–water partition coefficient (Wildman–Crippen LogP) is 0.00590. The van der Waals surface area contributed by atoms with E-state index in [0.717, 1.165) is 0 Å². The molecule has 0 spiro atoms. The summed E-state index contributed by atoms with van der Waals surface area (Å²) in [7, 11) is -2.95. The van der Waals surface area contributed by atoms with E-state index in [-0.39, 0.29) is 41.5 Å². The van der Waals surface area contributed by atoms with Gasteiger partial charge in [0.05, 0.1) is 17.3 Å². The first-order valence-electron chi connectivity index (χ1n) is 5.76. The monoisotopic (exact) mass is 307 g/mol. The molecule has 1 saturated heterocycles. The Morgan fingerprint density at radius 2 is 2.16 bits per heavy atom. The first kappa shape index (κ1) is 16.0. The standard InChI is InChI=1S/C11H17NO5S2/c1-2-4-12(6-11(14)15)10(13)7-18-9-3-5-19(16,17)8-9/h2,9H,1,3-8H2,(H,14,15). The molecule has 1 atom stereocenters. The Balaban J connectivity index is 2.44. The van der Waals surface area contributed by atoms with Crippen LogP contribution in [0, 0.1) is 0 Å². The molecule has 1 heterocycles. The van der Waals surface area contributed by atoms with E-state index in [0.29, 0.717) is 6.42 Å². The number of nitrogens with zero attached hydrogens (tertiary/aromatic N) is 1. The van der Waals surface area contributed by atoms with Gasteiger partial charge in [-0.2, -0.15) is 0 Å². The molecule has 0 radical (unpaired) electrons. The van der Waals surface area contributed by atoms with Gasteiger partial charge in [-0.05, 0) is 6.42 Å². The molecule has 6 nitrogen and oxygen atoms in total. The van der Waals surface area contributed by atoms with Crippen LogP contribution in [-0.2, 0) is 19.4 Å². The van der Waals surface area contributed by atoms with E-state index >= 15 is 0 Å². The van der Waals surface area contributed by atoms with Crippen molar-refractivity contribution in [3.05, 3.63) is 12.7 Å². The molecule has 0 aromatic carbocycles. The molecule has 1 amide bonds. The molecule has 0 aliphatic carbocycles. The second-order valence-electron chi connectivity index (χ2n) is 4.29. The highest BCUT2D eigenvalue weighted by Gasteiger charge is 2.29. The number of carbonyl (C=O) groups is 2. The lowest BCUT2D eigenvalue weighted by Gasteiger charge is -2.19. The second kappa shape index (κ2) is 6.95. The zero-order chi connectivity index (χ0) is 14.5. The lowest BCUT2D eigenvalue weighted by atomic mass is 10.4. The van der Waals surface area contributed by atoms with Gasteiger partial charge < -0.3 is 10.0 Å². The van der Waals surface area contributed by atoms with Crippen LogP contribution in [0.4, 0.5) is 0 Å². The first-order chi connectivity index (χ1) is 8.84. The van der Waals surface area contributed by atoms with Crippen molar-refractivity contribution in [3.8, 4) is 0 Å². The molecule has 0 aromatic rings. The molecule has 0 saturated carbocycles. The lowest BCUT2D eigenvalue weighted by Crippen LogP contribution is -2.37. The quantitative estimate of drug-likeness (QED) is 0.666. The van der Waals surface area contributed by atoms with E-state index in [2.05, 4.69) is 6.58 Å². The highest BCUT2D eigenvalue weighted by atomic mass is 32.2. The molecular weight excluding hydrogens is 290 g/mol. The zero-order valence-corrected chi connectivity index (χ0v) is 12.1. The number of hydrogen-bond donors (Lipinski definition) is 1. The Morgan fingerprint density at radius 3 is 2.63 bits per heavy atom. The fourth-order valence-corrected chi connectivity index (χ4v) is 5.29. The van der Waals surface area contributed by atoms with Gasteiger partial charge in [0.2, 0.25) is 5.91 Å². The van der Waals surface area contributed by atoms with Gasteiger partial charge in [0.1, 0.15) is 6.54 Å². The van der Waals surface area contributed by atoms with Crippen LogP contribution in [0.1, 0.15) is 6.42 Å². The predicted molar refractivity (Wildman–Crippen MR) is 73.9 cm³/mol. The molecule has 1 rings (SSSR count). The minimum absolute atomic E-state index is 0.0654.